The third-order valence-electron chi connectivity index (χ3n) is 3.79. The molecule has 3 fully saturated rings. The molecule has 1 amide bonds. The van der Waals surface area contributed by atoms with E-state index in [1.165, 1.54) is 0 Å². The van der Waals surface area contributed by atoms with Gasteiger partial charge in [-0.2, -0.15) is 0 Å². The van der Waals surface area contributed by atoms with Crippen molar-refractivity contribution in [1.82, 2.24) is 4.90 Å². The molecule has 0 unspecified atom stereocenters. The van der Waals surface area contributed by atoms with Crippen molar-refractivity contribution in [2.24, 2.45) is 0 Å². The first-order chi connectivity index (χ1) is 7.49. The van der Waals surface area contributed by atoms with Crippen LogP contribution in [0.5, 0.6) is 0 Å². The molecule has 0 bridgehead atoms. The summed E-state index contributed by atoms with van der Waals surface area (Å²) in [5, 5.41) is 10.2. The topological polar surface area (TPSA) is 59.0 Å². The minimum Gasteiger partial charge on any atom is -0.388 e. The van der Waals surface area contributed by atoms with Crippen molar-refractivity contribution in [3.05, 3.63) is 0 Å². The maximum absolute atomic E-state index is 11.7. The van der Waals surface area contributed by atoms with Gasteiger partial charge in [-0.05, 0) is 20.3 Å². The fourth-order valence-electron chi connectivity index (χ4n) is 3.07. The first-order valence-electron chi connectivity index (χ1n) is 5.81. The summed E-state index contributed by atoms with van der Waals surface area (Å²) in [6.07, 6.45) is 0.406. The SMILES string of the molecule is CC1(C)OC[C@@H]2[C@H](O1)[C@H](O)[C@@H]1CCC(=O)N21. The summed E-state index contributed by atoms with van der Waals surface area (Å²) >= 11 is 0. The lowest BCUT2D eigenvalue weighted by Crippen LogP contribution is -2.53. The number of nitrogens with zero attached hydrogens (tertiary/aromatic N) is 1. The van der Waals surface area contributed by atoms with E-state index in [2.05, 4.69) is 0 Å². The van der Waals surface area contributed by atoms with E-state index in [0.717, 1.165) is 6.42 Å². The highest BCUT2D eigenvalue weighted by atomic mass is 16.7. The predicted octanol–water partition coefficient (Wildman–Crippen LogP) is -0.128. The van der Waals surface area contributed by atoms with Gasteiger partial charge in [0.2, 0.25) is 5.91 Å². The molecule has 0 aromatic heterocycles. The largest absolute Gasteiger partial charge is 0.388 e. The van der Waals surface area contributed by atoms with E-state index in [9.17, 15) is 9.90 Å². The third kappa shape index (κ3) is 1.31. The van der Waals surface area contributed by atoms with Crippen LogP contribution in [0.15, 0.2) is 0 Å². The minimum absolute atomic E-state index is 0.0694. The molecular weight excluding hydrogens is 210 g/mol. The van der Waals surface area contributed by atoms with Gasteiger partial charge in [-0.25, -0.2) is 0 Å². The Morgan fingerprint density at radius 3 is 2.94 bits per heavy atom. The van der Waals surface area contributed by atoms with Gasteiger partial charge in [-0.3, -0.25) is 4.79 Å². The number of carbonyl (C=O) groups excluding carboxylic acids is 1. The van der Waals surface area contributed by atoms with Crippen molar-refractivity contribution in [3.63, 3.8) is 0 Å². The second-order valence-electron chi connectivity index (χ2n) is 5.26. The Hall–Kier alpha value is -0.650. The number of aliphatic hydroxyl groups is 1. The Kier molecular flexibility index (Phi) is 2.09. The van der Waals surface area contributed by atoms with E-state index in [1.54, 1.807) is 4.90 Å². The molecule has 0 spiro atoms. The Morgan fingerprint density at radius 1 is 1.44 bits per heavy atom. The van der Waals surface area contributed by atoms with E-state index in [0.29, 0.717) is 13.0 Å². The summed E-state index contributed by atoms with van der Waals surface area (Å²) in [6.45, 7) is 4.12. The molecule has 16 heavy (non-hydrogen) atoms. The molecule has 3 aliphatic heterocycles. The lowest BCUT2D eigenvalue weighted by Gasteiger charge is -2.40. The number of aliphatic hydroxyl groups excluding tert-OH is 1. The van der Waals surface area contributed by atoms with Crippen molar-refractivity contribution < 1.29 is 19.4 Å². The van der Waals surface area contributed by atoms with Crippen LogP contribution in [0.3, 0.4) is 0 Å². The lowest BCUT2D eigenvalue weighted by atomic mass is 10.0. The van der Waals surface area contributed by atoms with E-state index < -0.39 is 11.9 Å². The smallest absolute Gasteiger partial charge is 0.223 e. The number of amides is 1. The van der Waals surface area contributed by atoms with Crippen LogP contribution < -0.4 is 0 Å². The number of fused-ring (bicyclic) bond motifs is 3. The quantitative estimate of drug-likeness (QED) is 0.626. The van der Waals surface area contributed by atoms with Crippen molar-refractivity contribution in [3.8, 4) is 0 Å². The molecule has 5 nitrogen and oxygen atoms in total. The Bertz CT molecular complexity index is 330. The second-order valence-corrected chi connectivity index (χ2v) is 5.26. The van der Waals surface area contributed by atoms with Crippen LogP contribution in [0.1, 0.15) is 26.7 Å². The van der Waals surface area contributed by atoms with E-state index in [4.69, 9.17) is 9.47 Å². The van der Waals surface area contributed by atoms with Gasteiger partial charge >= 0.3 is 0 Å². The molecular formula is C11H17NO4. The second kappa shape index (κ2) is 3.18. The summed E-state index contributed by atoms with van der Waals surface area (Å²) in [7, 11) is 0. The highest BCUT2D eigenvalue weighted by Gasteiger charge is 2.57. The maximum Gasteiger partial charge on any atom is 0.223 e. The van der Waals surface area contributed by atoms with E-state index in [-0.39, 0.29) is 24.1 Å². The van der Waals surface area contributed by atoms with E-state index in [1.807, 2.05) is 13.8 Å². The molecule has 0 saturated carbocycles. The summed E-state index contributed by atoms with van der Waals surface area (Å²) in [4.78, 5) is 13.5. The molecule has 90 valence electrons. The predicted molar refractivity (Wildman–Crippen MR) is 54.6 cm³/mol. The van der Waals surface area contributed by atoms with Crippen molar-refractivity contribution in [2.75, 3.05) is 6.61 Å². The fourth-order valence-corrected chi connectivity index (χ4v) is 3.07. The number of hydrogen-bond donors (Lipinski definition) is 1. The summed E-state index contributed by atoms with van der Waals surface area (Å²) in [6, 6.07) is -0.178. The van der Waals surface area contributed by atoms with E-state index >= 15 is 0 Å². The van der Waals surface area contributed by atoms with Crippen LogP contribution in [0, 0.1) is 0 Å². The van der Waals surface area contributed by atoms with Crippen molar-refractivity contribution in [1.29, 1.82) is 0 Å². The Labute approximate surface area is 94.3 Å². The van der Waals surface area contributed by atoms with Crippen molar-refractivity contribution >= 4 is 5.91 Å². The van der Waals surface area contributed by atoms with Gasteiger partial charge in [0, 0.05) is 6.42 Å². The molecule has 0 aliphatic carbocycles. The summed E-state index contributed by atoms with van der Waals surface area (Å²) in [5.74, 6) is -0.547. The number of carbonyl (C=O) groups is 1. The highest BCUT2D eigenvalue weighted by Crippen LogP contribution is 2.40. The zero-order valence-corrected chi connectivity index (χ0v) is 9.55. The van der Waals surface area contributed by atoms with Gasteiger partial charge in [-0.1, -0.05) is 0 Å². The monoisotopic (exact) mass is 227 g/mol. The molecule has 5 heteroatoms. The molecule has 3 aliphatic rings. The molecule has 0 aromatic rings. The van der Waals surface area contributed by atoms with Crippen molar-refractivity contribution in [2.45, 2.75) is 56.8 Å². The highest BCUT2D eigenvalue weighted by molar-refractivity contribution is 5.80. The Balaban J connectivity index is 1.88. The molecule has 1 N–H and O–H groups in total. The minimum atomic E-state index is -0.662. The molecule has 3 rings (SSSR count). The summed E-state index contributed by atoms with van der Waals surface area (Å²) in [5.41, 5.74) is 0. The lowest BCUT2D eigenvalue weighted by molar-refractivity contribution is -0.291. The normalized spacial score (nSPS) is 45.7. The molecule has 3 saturated heterocycles. The van der Waals surface area contributed by atoms with Crippen LogP contribution in [-0.4, -0.2) is 52.6 Å². The number of hydrogen-bond acceptors (Lipinski definition) is 4. The summed E-state index contributed by atoms with van der Waals surface area (Å²) < 4.78 is 11.3. The van der Waals surface area contributed by atoms with Crippen LogP contribution >= 0.6 is 0 Å². The number of ether oxygens (including phenoxy) is 2. The van der Waals surface area contributed by atoms with Crippen LogP contribution in [-0.2, 0) is 14.3 Å². The van der Waals surface area contributed by atoms with Crippen LogP contribution in [0.4, 0.5) is 0 Å². The molecule has 3 heterocycles. The molecule has 0 aromatic carbocycles. The van der Waals surface area contributed by atoms with Crippen LogP contribution in [0.2, 0.25) is 0 Å². The van der Waals surface area contributed by atoms with Gasteiger partial charge in [0.25, 0.3) is 0 Å². The zero-order valence-electron chi connectivity index (χ0n) is 9.55. The number of rotatable bonds is 0. The zero-order chi connectivity index (χ0) is 11.5. The van der Waals surface area contributed by atoms with Gasteiger partial charge in [0.1, 0.15) is 12.2 Å². The van der Waals surface area contributed by atoms with Gasteiger partial charge < -0.3 is 19.5 Å². The molecule has 4 atom stereocenters. The third-order valence-corrected chi connectivity index (χ3v) is 3.79. The first-order valence-corrected chi connectivity index (χ1v) is 5.81. The maximum atomic E-state index is 11.7. The fraction of sp³-hybridized carbons (Fsp3) is 0.909. The van der Waals surface area contributed by atoms with Gasteiger partial charge in [0.05, 0.1) is 18.7 Å². The van der Waals surface area contributed by atoms with Gasteiger partial charge in [0.15, 0.2) is 5.79 Å². The average Bonchev–Trinajstić information content (AvgIpc) is 2.69. The van der Waals surface area contributed by atoms with Crippen LogP contribution in [0.25, 0.3) is 0 Å². The van der Waals surface area contributed by atoms with Gasteiger partial charge in [-0.15, -0.1) is 0 Å². The average molecular weight is 227 g/mol. The standard InChI is InChI=1S/C11H17NO4/c1-11(2)15-5-7-10(16-11)9(14)6-3-4-8(13)12(6)7/h6-7,9-10,14H,3-5H2,1-2H3/t6-,7+,9+,10-/m0/s1. The Morgan fingerprint density at radius 2 is 2.19 bits per heavy atom. The first kappa shape index (κ1) is 10.5. The molecule has 0 radical (unpaired) electrons.